The Hall–Kier alpha value is -2.41. The molecule has 0 unspecified atom stereocenters. The number of nitrogens with zero attached hydrogens (tertiary/aromatic N) is 1. The van der Waals surface area contributed by atoms with E-state index >= 15 is 0 Å². The van der Waals surface area contributed by atoms with Gasteiger partial charge in [0.1, 0.15) is 11.6 Å². The van der Waals surface area contributed by atoms with Gasteiger partial charge in [-0.1, -0.05) is 17.7 Å². The Morgan fingerprint density at radius 3 is 2.42 bits per heavy atom. The molecule has 26 heavy (non-hydrogen) atoms. The zero-order valence-corrected chi connectivity index (χ0v) is 15.8. The van der Waals surface area contributed by atoms with Gasteiger partial charge in [-0.3, -0.25) is 4.79 Å². The molecule has 0 aliphatic rings. The van der Waals surface area contributed by atoms with Gasteiger partial charge in [0.05, 0.1) is 17.8 Å². The summed E-state index contributed by atoms with van der Waals surface area (Å²) in [6, 6.07) is 10.3. The van der Waals surface area contributed by atoms with Crippen molar-refractivity contribution in [2.45, 2.75) is 24.8 Å². The highest BCUT2D eigenvalue weighted by molar-refractivity contribution is 7.91. The van der Waals surface area contributed by atoms with E-state index in [2.05, 4.69) is 0 Å². The molecule has 0 N–H and O–H groups in total. The number of ether oxygens (including phenoxy) is 1. The molecule has 0 aliphatic carbocycles. The SMILES string of the molecule is COc1ccc(C)cc1CN(C)C(=O)CCS(=O)(=O)c1ccc(F)cc1. The predicted octanol–water partition coefficient (Wildman–Crippen LogP) is 2.97. The standard InChI is InChI=1S/C19H22FNO4S/c1-14-4-9-18(25-3)15(12-14)13-21(2)19(22)10-11-26(23,24)17-7-5-16(20)6-8-17/h4-9,12H,10-11,13H2,1-3H3. The number of carbonyl (C=O) groups excluding carboxylic acids is 1. The molecule has 2 aromatic carbocycles. The normalized spacial score (nSPS) is 11.2. The van der Waals surface area contributed by atoms with Crippen LogP contribution < -0.4 is 4.74 Å². The number of halogens is 1. The number of carbonyl (C=O) groups is 1. The molecule has 140 valence electrons. The molecule has 0 aliphatic heterocycles. The first-order chi connectivity index (χ1) is 12.2. The monoisotopic (exact) mass is 379 g/mol. The van der Waals surface area contributed by atoms with Crippen LogP contribution in [0.5, 0.6) is 5.75 Å². The van der Waals surface area contributed by atoms with Crippen molar-refractivity contribution in [3.8, 4) is 5.75 Å². The van der Waals surface area contributed by atoms with E-state index in [1.54, 1.807) is 14.2 Å². The van der Waals surface area contributed by atoms with Crippen LogP contribution in [-0.2, 0) is 21.2 Å². The number of hydrogen-bond acceptors (Lipinski definition) is 4. The van der Waals surface area contributed by atoms with Crippen LogP contribution in [0.4, 0.5) is 4.39 Å². The third-order valence-corrected chi connectivity index (χ3v) is 5.76. The topological polar surface area (TPSA) is 63.7 Å². The third-order valence-electron chi connectivity index (χ3n) is 4.03. The van der Waals surface area contributed by atoms with Gasteiger partial charge in [-0.25, -0.2) is 12.8 Å². The molecule has 5 nitrogen and oxygen atoms in total. The zero-order valence-electron chi connectivity index (χ0n) is 15.0. The number of rotatable bonds is 7. The van der Waals surface area contributed by atoms with Gasteiger partial charge < -0.3 is 9.64 Å². The number of amides is 1. The van der Waals surface area contributed by atoms with Gasteiger partial charge in [0.2, 0.25) is 5.91 Å². The Morgan fingerprint density at radius 1 is 1.15 bits per heavy atom. The molecule has 0 saturated heterocycles. The van der Waals surface area contributed by atoms with E-state index < -0.39 is 15.7 Å². The Balaban J connectivity index is 2.01. The maximum atomic E-state index is 12.9. The highest BCUT2D eigenvalue weighted by Gasteiger charge is 2.19. The lowest BCUT2D eigenvalue weighted by atomic mass is 10.1. The van der Waals surface area contributed by atoms with Crippen molar-refractivity contribution >= 4 is 15.7 Å². The van der Waals surface area contributed by atoms with E-state index in [-0.39, 0.29) is 23.0 Å². The van der Waals surface area contributed by atoms with Crippen LogP contribution in [0.1, 0.15) is 17.5 Å². The lowest BCUT2D eigenvalue weighted by Gasteiger charge is -2.19. The van der Waals surface area contributed by atoms with E-state index in [0.717, 1.165) is 23.3 Å². The third kappa shape index (κ3) is 5.05. The van der Waals surface area contributed by atoms with Crippen LogP contribution in [-0.4, -0.2) is 39.1 Å². The van der Waals surface area contributed by atoms with Crippen LogP contribution in [0, 0.1) is 12.7 Å². The molecule has 2 rings (SSSR count). The van der Waals surface area contributed by atoms with Crippen molar-refractivity contribution < 1.29 is 22.3 Å². The van der Waals surface area contributed by atoms with Gasteiger partial charge in [-0.05, 0) is 37.3 Å². The fourth-order valence-electron chi connectivity index (χ4n) is 2.55. The molecule has 0 spiro atoms. The van der Waals surface area contributed by atoms with E-state index in [0.29, 0.717) is 12.3 Å². The first-order valence-electron chi connectivity index (χ1n) is 8.09. The molecule has 0 aromatic heterocycles. The van der Waals surface area contributed by atoms with Gasteiger partial charge in [-0.2, -0.15) is 0 Å². The zero-order chi connectivity index (χ0) is 19.3. The molecular weight excluding hydrogens is 357 g/mol. The second kappa shape index (κ2) is 8.31. The molecule has 7 heteroatoms. The molecular formula is C19H22FNO4S. The summed E-state index contributed by atoms with van der Waals surface area (Å²) in [5.41, 5.74) is 1.89. The average molecular weight is 379 g/mol. The second-order valence-electron chi connectivity index (χ2n) is 6.09. The molecule has 0 saturated carbocycles. The van der Waals surface area contributed by atoms with Crippen molar-refractivity contribution in [1.29, 1.82) is 0 Å². The van der Waals surface area contributed by atoms with Crippen LogP contribution in [0.25, 0.3) is 0 Å². The van der Waals surface area contributed by atoms with Crippen molar-refractivity contribution in [2.24, 2.45) is 0 Å². The van der Waals surface area contributed by atoms with E-state index in [1.807, 2.05) is 25.1 Å². The van der Waals surface area contributed by atoms with Crippen LogP contribution in [0.15, 0.2) is 47.4 Å². The van der Waals surface area contributed by atoms with Crippen LogP contribution >= 0.6 is 0 Å². The number of aryl methyl sites for hydroxylation is 1. The molecule has 0 bridgehead atoms. The smallest absolute Gasteiger partial charge is 0.223 e. The molecule has 0 radical (unpaired) electrons. The second-order valence-corrected chi connectivity index (χ2v) is 8.20. The van der Waals surface area contributed by atoms with Gasteiger partial charge in [0, 0.05) is 25.6 Å². The number of hydrogen-bond donors (Lipinski definition) is 0. The largest absolute Gasteiger partial charge is 0.496 e. The fourth-order valence-corrected chi connectivity index (χ4v) is 3.78. The van der Waals surface area contributed by atoms with Crippen molar-refractivity contribution in [1.82, 2.24) is 4.90 Å². The summed E-state index contributed by atoms with van der Waals surface area (Å²) in [6.45, 7) is 2.26. The summed E-state index contributed by atoms with van der Waals surface area (Å²) < 4.78 is 42.7. The van der Waals surface area contributed by atoms with Gasteiger partial charge in [0.25, 0.3) is 0 Å². The number of sulfone groups is 1. The summed E-state index contributed by atoms with van der Waals surface area (Å²) in [7, 11) is -0.456. The molecule has 0 heterocycles. The van der Waals surface area contributed by atoms with E-state index in [9.17, 15) is 17.6 Å². The van der Waals surface area contributed by atoms with E-state index in [1.165, 1.54) is 17.0 Å². The minimum atomic E-state index is -3.64. The Bertz CT molecular complexity index is 879. The van der Waals surface area contributed by atoms with Crippen LogP contribution in [0.3, 0.4) is 0 Å². The van der Waals surface area contributed by atoms with Gasteiger partial charge in [0.15, 0.2) is 9.84 Å². The summed E-state index contributed by atoms with van der Waals surface area (Å²) in [5, 5.41) is 0. The lowest BCUT2D eigenvalue weighted by molar-refractivity contribution is -0.130. The quantitative estimate of drug-likeness (QED) is 0.694. The summed E-state index contributed by atoms with van der Waals surface area (Å²) in [4.78, 5) is 13.8. The first kappa shape index (κ1) is 19.9. The minimum Gasteiger partial charge on any atom is -0.496 e. The molecule has 0 fully saturated rings. The summed E-state index contributed by atoms with van der Waals surface area (Å²) in [6.07, 6.45) is -0.148. The molecule has 0 atom stereocenters. The van der Waals surface area contributed by atoms with Crippen LogP contribution in [0.2, 0.25) is 0 Å². The summed E-state index contributed by atoms with van der Waals surface area (Å²) >= 11 is 0. The minimum absolute atomic E-state index is 0.00899. The molecule has 2 aromatic rings. The first-order valence-corrected chi connectivity index (χ1v) is 9.74. The highest BCUT2D eigenvalue weighted by Crippen LogP contribution is 2.21. The number of methoxy groups -OCH3 is 1. The Labute approximate surface area is 153 Å². The van der Waals surface area contributed by atoms with E-state index in [4.69, 9.17) is 4.74 Å². The average Bonchev–Trinajstić information content (AvgIpc) is 2.60. The van der Waals surface area contributed by atoms with Gasteiger partial charge >= 0.3 is 0 Å². The maximum Gasteiger partial charge on any atom is 0.223 e. The van der Waals surface area contributed by atoms with Gasteiger partial charge in [-0.15, -0.1) is 0 Å². The van der Waals surface area contributed by atoms with Crippen molar-refractivity contribution in [3.63, 3.8) is 0 Å². The van der Waals surface area contributed by atoms with Crippen molar-refractivity contribution in [2.75, 3.05) is 19.9 Å². The van der Waals surface area contributed by atoms with Crippen molar-refractivity contribution in [3.05, 3.63) is 59.4 Å². The highest BCUT2D eigenvalue weighted by atomic mass is 32.2. The number of benzene rings is 2. The predicted molar refractivity (Wildman–Crippen MR) is 97.3 cm³/mol. The Kier molecular flexibility index (Phi) is 6.37. The maximum absolute atomic E-state index is 12.9. The molecule has 1 amide bonds. The fraction of sp³-hybridized carbons (Fsp3) is 0.316. The summed E-state index contributed by atoms with van der Waals surface area (Å²) in [5.74, 6) is -0.451. The Morgan fingerprint density at radius 2 is 1.81 bits per heavy atom. The lowest BCUT2D eigenvalue weighted by Crippen LogP contribution is -2.28.